The smallest absolute Gasteiger partial charge is 0.344 e. The number of carboxylic acid groups (broad SMARTS) is 1. The first-order valence-electron chi connectivity index (χ1n) is 7.22. The van der Waals surface area contributed by atoms with Crippen LogP contribution in [0.4, 0.5) is 0 Å². The average molecular weight is 279 g/mol. The molecular formula is C16H25NO3. The molecule has 0 amide bonds. The summed E-state index contributed by atoms with van der Waals surface area (Å²) in [4.78, 5) is 11.2. The Balaban J connectivity index is 2.94. The third kappa shape index (κ3) is 4.85. The fraction of sp³-hybridized carbons (Fsp3) is 0.562. The van der Waals surface area contributed by atoms with E-state index in [4.69, 9.17) is 10.5 Å². The molecule has 3 N–H and O–H groups in total. The van der Waals surface area contributed by atoms with E-state index in [2.05, 4.69) is 0 Å². The van der Waals surface area contributed by atoms with Crippen LogP contribution in [0.15, 0.2) is 18.2 Å². The van der Waals surface area contributed by atoms with Crippen molar-refractivity contribution in [3.63, 3.8) is 0 Å². The number of ether oxygens (including phenoxy) is 1. The third-order valence-corrected chi connectivity index (χ3v) is 3.32. The quantitative estimate of drug-likeness (QED) is 0.767. The lowest BCUT2D eigenvalue weighted by molar-refractivity contribution is -0.145. The maximum atomic E-state index is 11.2. The van der Waals surface area contributed by atoms with Crippen LogP contribution >= 0.6 is 0 Å². The van der Waals surface area contributed by atoms with Gasteiger partial charge in [0.05, 0.1) is 0 Å². The van der Waals surface area contributed by atoms with Crippen molar-refractivity contribution in [2.24, 2.45) is 5.73 Å². The van der Waals surface area contributed by atoms with E-state index in [9.17, 15) is 9.90 Å². The number of carboxylic acids is 1. The highest BCUT2D eigenvalue weighted by molar-refractivity contribution is 5.72. The minimum Gasteiger partial charge on any atom is -0.479 e. The first kappa shape index (κ1) is 16.5. The molecule has 1 rings (SSSR count). The maximum absolute atomic E-state index is 11.2. The van der Waals surface area contributed by atoms with E-state index in [-0.39, 0.29) is 6.04 Å². The lowest BCUT2D eigenvalue weighted by Crippen LogP contribution is -2.28. The lowest BCUT2D eigenvalue weighted by atomic mass is 10.0. The van der Waals surface area contributed by atoms with Crippen LogP contribution in [0.25, 0.3) is 0 Å². The van der Waals surface area contributed by atoms with Crippen molar-refractivity contribution in [3.8, 4) is 5.75 Å². The second-order valence-electron chi connectivity index (χ2n) is 5.22. The van der Waals surface area contributed by atoms with Gasteiger partial charge in [-0.15, -0.1) is 0 Å². The topological polar surface area (TPSA) is 72.5 Å². The summed E-state index contributed by atoms with van der Waals surface area (Å²) in [5, 5.41) is 9.19. The fourth-order valence-corrected chi connectivity index (χ4v) is 2.06. The van der Waals surface area contributed by atoms with Crippen molar-refractivity contribution < 1.29 is 14.6 Å². The molecule has 0 bridgehead atoms. The molecule has 1 aromatic carbocycles. The van der Waals surface area contributed by atoms with Crippen molar-refractivity contribution in [1.82, 2.24) is 0 Å². The van der Waals surface area contributed by atoms with Crippen LogP contribution in [0.5, 0.6) is 5.75 Å². The zero-order valence-corrected chi connectivity index (χ0v) is 12.6. The van der Waals surface area contributed by atoms with Gasteiger partial charge in [-0.25, -0.2) is 4.79 Å². The van der Waals surface area contributed by atoms with Crippen LogP contribution < -0.4 is 10.5 Å². The molecule has 4 heteroatoms. The Labute approximate surface area is 120 Å². The molecule has 0 aromatic heterocycles. The van der Waals surface area contributed by atoms with E-state index in [1.807, 2.05) is 39.0 Å². The number of rotatable bonds is 8. The first-order chi connectivity index (χ1) is 9.47. The van der Waals surface area contributed by atoms with Gasteiger partial charge in [-0.1, -0.05) is 38.0 Å². The second-order valence-corrected chi connectivity index (χ2v) is 5.22. The Morgan fingerprint density at radius 1 is 1.40 bits per heavy atom. The van der Waals surface area contributed by atoms with Gasteiger partial charge < -0.3 is 15.6 Å². The summed E-state index contributed by atoms with van der Waals surface area (Å²) in [5.41, 5.74) is 8.11. The highest BCUT2D eigenvalue weighted by Gasteiger charge is 2.20. The summed E-state index contributed by atoms with van der Waals surface area (Å²) in [7, 11) is 0. The maximum Gasteiger partial charge on any atom is 0.344 e. The Morgan fingerprint density at radius 2 is 2.10 bits per heavy atom. The monoisotopic (exact) mass is 279 g/mol. The Kier molecular flexibility index (Phi) is 6.52. The summed E-state index contributed by atoms with van der Waals surface area (Å²) in [6, 6.07) is 5.86. The third-order valence-electron chi connectivity index (χ3n) is 3.32. The molecule has 0 saturated carbocycles. The van der Waals surface area contributed by atoms with Gasteiger partial charge in [0.2, 0.25) is 0 Å². The van der Waals surface area contributed by atoms with Crippen LogP contribution in [0.3, 0.4) is 0 Å². The molecule has 0 radical (unpaired) electrons. The van der Waals surface area contributed by atoms with Crippen molar-refractivity contribution in [2.75, 3.05) is 0 Å². The fourth-order valence-electron chi connectivity index (χ4n) is 2.06. The molecule has 0 spiro atoms. The van der Waals surface area contributed by atoms with Crippen LogP contribution in [-0.4, -0.2) is 23.2 Å². The molecule has 0 fully saturated rings. The zero-order chi connectivity index (χ0) is 15.1. The van der Waals surface area contributed by atoms with Gasteiger partial charge in [0.25, 0.3) is 0 Å². The summed E-state index contributed by atoms with van der Waals surface area (Å²) in [6.07, 6.45) is 2.06. The van der Waals surface area contributed by atoms with E-state index in [0.29, 0.717) is 18.6 Å². The van der Waals surface area contributed by atoms with Crippen LogP contribution in [0, 0.1) is 6.92 Å². The van der Waals surface area contributed by atoms with Crippen molar-refractivity contribution in [3.05, 3.63) is 29.3 Å². The van der Waals surface area contributed by atoms with E-state index in [1.54, 1.807) is 0 Å². The molecule has 4 nitrogen and oxygen atoms in total. The van der Waals surface area contributed by atoms with E-state index >= 15 is 0 Å². The summed E-state index contributed by atoms with van der Waals surface area (Å²) >= 11 is 0. The van der Waals surface area contributed by atoms with Gasteiger partial charge in [-0.05, 0) is 37.8 Å². The minimum absolute atomic E-state index is 0.0635. The van der Waals surface area contributed by atoms with E-state index in [1.165, 1.54) is 0 Å². The number of carbonyl (C=O) groups is 1. The molecular weight excluding hydrogens is 254 g/mol. The largest absolute Gasteiger partial charge is 0.479 e. The van der Waals surface area contributed by atoms with Crippen LogP contribution in [0.1, 0.15) is 44.2 Å². The SMILES string of the molecule is CCCC(Oc1ccc(C)cc1CC(N)CC)C(=O)O. The van der Waals surface area contributed by atoms with E-state index in [0.717, 1.165) is 24.0 Å². The van der Waals surface area contributed by atoms with Gasteiger partial charge in [0, 0.05) is 6.04 Å². The summed E-state index contributed by atoms with van der Waals surface area (Å²) in [6.45, 7) is 5.99. The normalized spacial score (nSPS) is 13.8. The molecule has 1 aromatic rings. The van der Waals surface area contributed by atoms with Crippen LogP contribution in [-0.2, 0) is 11.2 Å². The van der Waals surface area contributed by atoms with Gasteiger partial charge in [-0.2, -0.15) is 0 Å². The van der Waals surface area contributed by atoms with E-state index < -0.39 is 12.1 Å². The minimum atomic E-state index is -0.918. The van der Waals surface area contributed by atoms with Gasteiger partial charge in [0.15, 0.2) is 6.10 Å². The van der Waals surface area contributed by atoms with Crippen molar-refractivity contribution in [1.29, 1.82) is 0 Å². The Hall–Kier alpha value is -1.55. The Morgan fingerprint density at radius 3 is 2.65 bits per heavy atom. The number of nitrogens with two attached hydrogens (primary N) is 1. The number of hydrogen-bond donors (Lipinski definition) is 2. The first-order valence-corrected chi connectivity index (χ1v) is 7.22. The lowest BCUT2D eigenvalue weighted by Gasteiger charge is -2.19. The standard InChI is InChI=1S/C16H25NO3/c1-4-6-15(16(18)19)20-14-8-7-11(3)9-12(14)10-13(17)5-2/h7-9,13,15H,4-6,10,17H2,1-3H3,(H,18,19). The molecule has 0 saturated heterocycles. The number of aryl methyl sites for hydroxylation is 1. The highest BCUT2D eigenvalue weighted by Crippen LogP contribution is 2.24. The molecule has 2 unspecified atom stereocenters. The molecule has 0 aliphatic carbocycles. The predicted octanol–water partition coefficient (Wildman–Crippen LogP) is 2.91. The zero-order valence-electron chi connectivity index (χ0n) is 12.6. The predicted molar refractivity (Wildman–Crippen MR) is 80.1 cm³/mol. The van der Waals surface area contributed by atoms with Crippen molar-refractivity contribution >= 4 is 5.97 Å². The number of hydrogen-bond acceptors (Lipinski definition) is 3. The van der Waals surface area contributed by atoms with Crippen molar-refractivity contribution in [2.45, 2.75) is 58.6 Å². The molecule has 2 atom stereocenters. The summed E-state index contributed by atoms with van der Waals surface area (Å²) < 4.78 is 5.69. The average Bonchev–Trinajstić information content (AvgIpc) is 2.40. The number of aliphatic carboxylic acids is 1. The number of benzene rings is 1. The molecule has 0 aliphatic heterocycles. The Bertz CT molecular complexity index is 445. The van der Waals surface area contributed by atoms with Gasteiger partial charge >= 0.3 is 5.97 Å². The molecule has 112 valence electrons. The summed E-state index contributed by atoms with van der Waals surface area (Å²) in [5.74, 6) is -0.279. The molecule has 0 aliphatic rings. The molecule has 0 heterocycles. The molecule has 20 heavy (non-hydrogen) atoms. The highest BCUT2D eigenvalue weighted by atomic mass is 16.5. The van der Waals surface area contributed by atoms with Gasteiger partial charge in [0.1, 0.15) is 5.75 Å². The second kappa shape index (κ2) is 7.90. The van der Waals surface area contributed by atoms with Crippen LogP contribution in [0.2, 0.25) is 0 Å². The van der Waals surface area contributed by atoms with Gasteiger partial charge in [-0.3, -0.25) is 0 Å².